The standard InChI is InChI=1S/C25H22N2O5/c1-30-19-15-9-14-18(22(19)31-2)21-20-23(32-27(21)17-12-7-4-8-13-17)25(29)26(24(20)28)16-10-5-3-6-11-16/h3-15,20-21,23H,1-2H3/t20-,21+,23-/m1/s1. The second-order valence-corrected chi connectivity index (χ2v) is 7.59. The number of ether oxygens (including phenoxy) is 2. The molecule has 7 nitrogen and oxygen atoms in total. The minimum atomic E-state index is -0.941. The zero-order valence-corrected chi connectivity index (χ0v) is 17.7. The van der Waals surface area contributed by atoms with Crippen molar-refractivity contribution in [3.05, 3.63) is 84.4 Å². The first-order chi connectivity index (χ1) is 15.7. The van der Waals surface area contributed by atoms with Gasteiger partial charge < -0.3 is 9.47 Å². The smallest absolute Gasteiger partial charge is 0.266 e. The van der Waals surface area contributed by atoms with Crippen LogP contribution in [-0.4, -0.2) is 32.1 Å². The molecule has 7 heteroatoms. The quantitative estimate of drug-likeness (QED) is 0.575. The molecule has 2 fully saturated rings. The van der Waals surface area contributed by atoms with Crippen molar-refractivity contribution in [3.63, 3.8) is 0 Å². The number of benzene rings is 3. The third-order valence-electron chi connectivity index (χ3n) is 5.89. The van der Waals surface area contributed by atoms with Crippen LogP contribution in [-0.2, 0) is 14.4 Å². The van der Waals surface area contributed by atoms with E-state index in [1.807, 2.05) is 48.5 Å². The molecule has 3 atom stereocenters. The van der Waals surface area contributed by atoms with Gasteiger partial charge >= 0.3 is 0 Å². The molecule has 32 heavy (non-hydrogen) atoms. The van der Waals surface area contributed by atoms with E-state index >= 15 is 0 Å². The molecule has 2 heterocycles. The van der Waals surface area contributed by atoms with Crippen LogP contribution in [0.5, 0.6) is 11.5 Å². The molecule has 0 unspecified atom stereocenters. The molecule has 0 N–H and O–H groups in total. The zero-order chi connectivity index (χ0) is 22.2. The van der Waals surface area contributed by atoms with Gasteiger partial charge in [-0.1, -0.05) is 48.5 Å². The number of para-hydroxylation sites is 3. The molecule has 162 valence electrons. The fourth-order valence-corrected chi connectivity index (χ4v) is 4.51. The van der Waals surface area contributed by atoms with E-state index in [1.165, 1.54) is 4.90 Å². The topological polar surface area (TPSA) is 68.3 Å². The first-order valence-corrected chi connectivity index (χ1v) is 10.3. The van der Waals surface area contributed by atoms with Crippen molar-refractivity contribution in [2.45, 2.75) is 12.1 Å². The number of hydrogen-bond acceptors (Lipinski definition) is 6. The third kappa shape index (κ3) is 3.01. The van der Waals surface area contributed by atoms with Gasteiger partial charge in [0.05, 0.1) is 25.6 Å². The average molecular weight is 430 g/mol. The molecule has 0 aromatic heterocycles. The lowest BCUT2D eigenvalue weighted by atomic mass is 9.89. The highest BCUT2D eigenvalue weighted by Crippen LogP contribution is 2.50. The lowest BCUT2D eigenvalue weighted by Crippen LogP contribution is -2.37. The molecule has 0 spiro atoms. The maximum Gasteiger partial charge on any atom is 0.266 e. The van der Waals surface area contributed by atoms with E-state index in [0.29, 0.717) is 22.7 Å². The monoisotopic (exact) mass is 430 g/mol. The van der Waals surface area contributed by atoms with Crippen LogP contribution in [0.25, 0.3) is 0 Å². The Kier molecular flexibility index (Phi) is 5.03. The number of hydrogen-bond donors (Lipinski definition) is 0. The number of methoxy groups -OCH3 is 2. The van der Waals surface area contributed by atoms with Gasteiger partial charge in [-0.05, 0) is 30.3 Å². The molecule has 3 aromatic carbocycles. The van der Waals surface area contributed by atoms with E-state index in [2.05, 4.69) is 0 Å². The Morgan fingerprint density at radius 2 is 1.41 bits per heavy atom. The van der Waals surface area contributed by atoms with E-state index in [4.69, 9.17) is 14.3 Å². The van der Waals surface area contributed by atoms with Crippen molar-refractivity contribution in [2.24, 2.45) is 5.92 Å². The summed E-state index contributed by atoms with van der Waals surface area (Å²) in [7, 11) is 3.12. The third-order valence-corrected chi connectivity index (χ3v) is 5.89. The molecule has 2 saturated heterocycles. The predicted octanol–water partition coefficient (Wildman–Crippen LogP) is 3.75. The Balaban J connectivity index is 1.65. The Labute approximate surface area is 185 Å². The lowest BCUT2D eigenvalue weighted by molar-refractivity contribution is -0.126. The van der Waals surface area contributed by atoms with Crippen molar-refractivity contribution in [1.29, 1.82) is 0 Å². The summed E-state index contributed by atoms with van der Waals surface area (Å²) in [5, 5.41) is 1.64. The second-order valence-electron chi connectivity index (χ2n) is 7.59. The van der Waals surface area contributed by atoms with Gasteiger partial charge in [0.15, 0.2) is 17.6 Å². The number of hydroxylamine groups is 1. The molecule has 2 amide bonds. The van der Waals surface area contributed by atoms with Gasteiger partial charge in [-0.25, -0.2) is 9.96 Å². The molecular formula is C25H22N2O5. The minimum absolute atomic E-state index is 0.306. The fraction of sp³-hybridized carbons (Fsp3) is 0.200. The summed E-state index contributed by atoms with van der Waals surface area (Å²) in [5.74, 6) is -0.387. The molecule has 0 saturated carbocycles. The van der Waals surface area contributed by atoms with Crippen LogP contribution < -0.4 is 19.4 Å². The predicted molar refractivity (Wildman–Crippen MR) is 119 cm³/mol. The second kappa shape index (κ2) is 8.01. The number of imide groups is 1. The maximum atomic E-state index is 13.6. The van der Waals surface area contributed by atoms with Gasteiger partial charge in [-0.3, -0.25) is 14.4 Å². The van der Waals surface area contributed by atoms with Gasteiger partial charge in [0.25, 0.3) is 5.91 Å². The highest BCUT2D eigenvalue weighted by molar-refractivity contribution is 6.23. The van der Waals surface area contributed by atoms with Crippen molar-refractivity contribution < 1.29 is 23.9 Å². The summed E-state index contributed by atoms with van der Waals surface area (Å²) in [6.45, 7) is 0. The highest BCUT2D eigenvalue weighted by Gasteiger charge is 2.60. The van der Waals surface area contributed by atoms with Gasteiger partial charge in [0.1, 0.15) is 12.0 Å². The number of fused-ring (bicyclic) bond motifs is 1. The molecule has 5 rings (SSSR count). The number of nitrogens with zero attached hydrogens (tertiary/aromatic N) is 2. The van der Waals surface area contributed by atoms with E-state index in [0.717, 1.165) is 5.69 Å². The number of carbonyl (C=O) groups is 2. The fourth-order valence-electron chi connectivity index (χ4n) is 4.51. The van der Waals surface area contributed by atoms with Crippen LogP contribution in [0.2, 0.25) is 0 Å². The summed E-state index contributed by atoms with van der Waals surface area (Å²) >= 11 is 0. The summed E-state index contributed by atoms with van der Waals surface area (Å²) in [6.07, 6.45) is -0.941. The number of amides is 2. The Hall–Kier alpha value is -3.84. The van der Waals surface area contributed by atoms with Crippen molar-refractivity contribution in [3.8, 4) is 11.5 Å². The van der Waals surface area contributed by atoms with Crippen LogP contribution in [0.3, 0.4) is 0 Å². The Morgan fingerprint density at radius 3 is 2.03 bits per heavy atom. The number of rotatable bonds is 5. The molecule has 2 aliphatic heterocycles. The molecule has 0 radical (unpaired) electrons. The first kappa shape index (κ1) is 20.1. The number of anilines is 2. The summed E-state index contributed by atoms with van der Waals surface area (Å²) in [6, 6.07) is 23.3. The Morgan fingerprint density at radius 1 is 0.750 bits per heavy atom. The lowest BCUT2D eigenvalue weighted by Gasteiger charge is -2.30. The van der Waals surface area contributed by atoms with E-state index in [9.17, 15) is 9.59 Å². The largest absolute Gasteiger partial charge is 0.493 e. The van der Waals surface area contributed by atoms with Gasteiger partial charge in [-0.2, -0.15) is 0 Å². The van der Waals surface area contributed by atoms with E-state index in [-0.39, 0.29) is 11.8 Å². The average Bonchev–Trinajstić information content (AvgIpc) is 3.35. The summed E-state index contributed by atoms with van der Waals surface area (Å²) in [4.78, 5) is 34.4. The summed E-state index contributed by atoms with van der Waals surface area (Å²) < 4.78 is 11.1. The van der Waals surface area contributed by atoms with Crippen LogP contribution in [0.4, 0.5) is 11.4 Å². The molecular weight excluding hydrogens is 408 g/mol. The summed E-state index contributed by atoms with van der Waals surface area (Å²) in [5.41, 5.74) is 1.98. The van der Waals surface area contributed by atoms with Crippen molar-refractivity contribution >= 4 is 23.2 Å². The molecule has 3 aromatic rings. The van der Waals surface area contributed by atoms with Gasteiger partial charge in [-0.15, -0.1) is 0 Å². The minimum Gasteiger partial charge on any atom is -0.493 e. The maximum absolute atomic E-state index is 13.6. The van der Waals surface area contributed by atoms with Crippen molar-refractivity contribution in [2.75, 3.05) is 24.2 Å². The molecule has 2 aliphatic rings. The van der Waals surface area contributed by atoms with Gasteiger partial charge in [0.2, 0.25) is 5.91 Å². The van der Waals surface area contributed by atoms with Crippen LogP contribution in [0.15, 0.2) is 78.9 Å². The van der Waals surface area contributed by atoms with Crippen LogP contribution in [0, 0.1) is 5.92 Å². The SMILES string of the molecule is COc1cccc([C@H]2[C@H]3C(=O)N(c4ccccc4)C(=O)[C@@H]3ON2c2ccccc2)c1OC. The zero-order valence-electron chi connectivity index (χ0n) is 17.7. The highest BCUT2D eigenvalue weighted by atomic mass is 16.7. The van der Waals surface area contributed by atoms with E-state index < -0.39 is 18.1 Å². The van der Waals surface area contributed by atoms with Crippen LogP contribution in [0.1, 0.15) is 11.6 Å². The Bertz CT molecular complexity index is 1150. The normalized spacial score (nSPS) is 22.2. The molecule has 0 aliphatic carbocycles. The van der Waals surface area contributed by atoms with Crippen molar-refractivity contribution in [1.82, 2.24) is 0 Å². The van der Waals surface area contributed by atoms with Gasteiger partial charge in [0, 0.05) is 5.56 Å². The number of carbonyl (C=O) groups excluding carboxylic acids is 2. The van der Waals surface area contributed by atoms with Crippen LogP contribution >= 0.6 is 0 Å². The molecule has 0 bridgehead atoms. The van der Waals surface area contributed by atoms with E-state index in [1.54, 1.807) is 49.6 Å². The first-order valence-electron chi connectivity index (χ1n) is 10.3.